The Kier molecular flexibility index (Phi) is 3.40. The summed E-state index contributed by atoms with van der Waals surface area (Å²) < 4.78 is 5.74. The summed E-state index contributed by atoms with van der Waals surface area (Å²) in [5, 5.41) is 0. The highest BCUT2D eigenvalue weighted by atomic mass is 16.5. The second kappa shape index (κ2) is 4.97. The van der Waals surface area contributed by atoms with Crippen molar-refractivity contribution in [2.24, 2.45) is 5.73 Å². The number of rotatable bonds is 3. The summed E-state index contributed by atoms with van der Waals surface area (Å²) in [6.07, 6.45) is 1.75. The number of benzene rings is 1. The summed E-state index contributed by atoms with van der Waals surface area (Å²) in [4.78, 5) is 4.27. The van der Waals surface area contributed by atoms with Crippen LogP contribution in [0.1, 0.15) is 16.7 Å². The van der Waals surface area contributed by atoms with Crippen LogP contribution in [0.2, 0.25) is 0 Å². The predicted molar refractivity (Wildman–Crippen MR) is 68.1 cm³/mol. The quantitative estimate of drug-likeness (QED) is 0.878. The number of aromatic nitrogens is 1. The zero-order valence-corrected chi connectivity index (χ0v) is 10.1. The second-order valence-corrected chi connectivity index (χ2v) is 4.09. The molecule has 2 N–H and O–H groups in total. The van der Waals surface area contributed by atoms with E-state index in [2.05, 4.69) is 4.98 Å². The van der Waals surface area contributed by atoms with Gasteiger partial charge in [0.1, 0.15) is 5.75 Å². The lowest BCUT2D eigenvalue weighted by Gasteiger charge is -2.08. The minimum atomic E-state index is 0.499. The highest BCUT2D eigenvalue weighted by Gasteiger charge is 2.04. The number of nitrogens with zero attached hydrogens (tertiary/aromatic N) is 1. The number of nitrogens with two attached hydrogens (primary N) is 1. The van der Waals surface area contributed by atoms with E-state index in [9.17, 15) is 0 Å². The molecule has 0 aliphatic carbocycles. The van der Waals surface area contributed by atoms with Crippen molar-refractivity contribution in [3.05, 3.63) is 53.2 Å². The van der Waals surface area contributed by atoms with E-state index in [0.717, 1.165) is 16.9 Å². The lowest BCUT2D eigenvalue weighted by Crippen LogP contribution is -1.99. The summed E-state index contributed by atoms with van der Waals surface area (Å²) in [5.74, 6) is 1.44. The Morgan fingerprint density at radius 2 is 2.06 bits per heavy atom. The Balaban J connectivity index is 2.24. The summed E-state index contributed by atoms with van der Waals surface area (Å²) in [5.41, 5.74) is 8.73. The zero-order valence-electron chi connectivity index (χ0n) is 10.1. The monoisotopic (exact) mass is 228 g/mol. The van der Waals surface area contributed by atoms with Gasteiger partial charge in [-0.15, -0.1) is 0 Å². The van der Waals surface area contributed by atoms with Crippen LogP contribution >= 0.6 is 0 Å². The molecule has 0 amide bonds. The molecule has 0 aliphatic rings. The van der Waals surface area contributed by atoms with Crippen molar-refractivity contribution in [1.82, 2.24) is 4.98 Å². The molecule has 0 aliphatic heterocycles. The first-order valence-corrected chi connectivity index (χ1v) is 5.59. The molecule has 0 saturated carbocycles. The second-order valence-electron chi connectivity index (χ2n) is 4.09. The summed E-state index contributed by atoms with van der Waals surface area (Å²) >= 11 is 0. The molecule has 17 heavy (non-hydrogen) atoms. The van der Waals surface area contributed by atoms with Crippen molar-refractivity contribution < 1.29 is 4.74 Å². The largest absolute Gasteiger partial charge is 0.439 e. The molecule has 0 spiro atoms. The SMILES string of the molecule is Cc1cccc(Oc2ncc(CN)cc2C)c1. The molecule has 3 nitrogen and oxygen atoms in total. The van der Waals surface area contributed by atoms with E-state index < -0.39 is 0 Å². The highest BCUT2D eigenvalue weighted by molar-refractivity contribution is 5.35. The number of hydrogen-bond donors (Lipinski definition) is 1. The van der Waals surface area contributed by atoms with E-state index in [0.29, 0.717) is 12.4 Å². The van der Waals surface area contributed by atoms with Crippen LogP contribution in [-0.2, 0) is 6.54 Å². The molecule has 0 radical (unpaired) electrons. The maximum Gasteiger partial charge on any atom is 0.222 e. The molecule has 1 aromatic heterocycles. The Labute approximate surface area is 101 Å². The molecule has 2 rings (SSSR count). The zero-order chi connectivity index (χ0) is 12.3. The van der Waals surface area contributed by atoms with Gasteiger partial charge in [0.15, 0.2) is 0 Å². The van der Waals surface area contributed by atoms with Crippen LogP contribution in [0, 0.1) is 13.8 Å². The normalized spacial score (nSPS) is 10.3. The highest BCUT2D eigenvalue weighted by Crippen LogP contribution is 2.23. The van der Waals surface area contributed by atoms with Gasteiger partial charge in [0.25, 0.3) is 0 Å². The van der Waals surface area contributed by atoms with E-state index in [-0.39, 0.29) is 0 Å². The maximum absolute atomic E-state index is 5.74. The molecule has 2 aromatic rings. The van der Waals surface area contributed by atoms with Crippen LogP contribution in [0.25, 0.3) is 0 Å². The molecule has 3 heteroatoms. The molecule has 0 fully saturated rings. The van der Waals surface area contributed by atoms with Crippen LogP contribution in [0.5, 0.6) is 11.6 Å². The standard InChI is InChI=1S/C14H16N2O/c1-10-4-3-5-13(6-10)17-14-11(2)7-12(8-15)9-16-14/h3-7,9H,8,15H2,1-2H3. The number of hydrogen-bond acceptors (Lipinski definition) is 3. The Morgan fingerprint density at radius 3 is 2.71 bits per heavy atom. The molecular formula is C14H16N2O. The van der Waals surface area contributed by atoms with Gasteiger partial charge < -0.3 is 10.5 Å². The van der Waals surface area contributed by atoms with E-state index in [1.165, 1.54) is 5.56 Å². The third kappa shape index (κ3) is 2.82. The van der Waals surface area contributed by atoms with Crippen LogP contribution in [-0.4, -0.2) is 4.98 Å². The molecule has 0 saturated heterocycles. The average Bonchev–Trinajstić information content (AvgIpc) is 2.32. The molecule has 0 unspecified atom stereocenters. The summed E-state index contributed by atoms with van der Waals surface area (Å²) in [7, 11) is 0. The van der Waals surface area contributed by atoms with Gasteiger partial charge >= 0.3 is 0 Å². The molecule has 88 valence electrons. The third-order valence-electron chi connectivity index (χ3n) is 2.53. The summed E-state index contributed by atoms with van der Waals surface area (Å²) in [6, 6.07) is 9.90. The van der Waals surface area contributed by atoms with Crippen LogP contribution in [0.3, 0.4) is 0 Å². The topological polar surface area (TPSA) is 48.1 Å². The predicted octanol–water partition coefficient (Wildman–Crippen LogP) is 2.95. The first-order chi connectivity index (χ1) is 8.19. The molecular weight excluding hydrogens is 212 g/mol. The fourth-order valence-electron chi connectivity index (χ4n) is 1.63. The minimum absolute atomic E-state index is 0.499. The van der Waals surface area contributed by atoms with E-state index >= 15 is 0 Å². The number of pyridine rings is 1. The first kappa shape index (κ1) is 11.6. The Bertz CT molecular complexity index is 523. The van der Waals surface area contributed by atoms with Crippen LogP contribution in [0.15, 0.2) is 36.5 Å². The van der Waals surface area contributed by atoms with Crippen molar-refractivity contribution in [3.8, 4) is 11.6 Å². The van der Waals surface area contributed by atoms with Gasteiger partial charge in [-0.1, -0.05) is 12.1 Å². The van der Waals surface area contributed by atoms with Gasteiger partial charge in [-0.05, 0) is 43.2 Å². The van der Waals surface area contributed by atoms with Crippen LogP contribution in [0.4, 0.5) is 0 Å². The Morgan fingerprint density at radius 1 is 1.24 bits per heavy atom. The lowest BCUT2D eigenvalue weighted by molar-refractivity contribution is 0.458. The van der Waals surface area contributed by atoms with E-state index in [1.54, 1.807) is 6.20 Å². The number of aryl methyl sites for hydroxylation is 2. The van der Waals surface area contributed by atoms with Crippen molar-refractivity contribution in [3.63, 3.8) is 0 Å². The molecule has 0 bridgehead atoms. The maximum atomic E-state index is 5.74. The molecule has 1 aromatic carbocycles. The van der Waals surface area contributed by atoms with E-state index in [4.69, 9.17) is 10.5 Å². The first-order valence-electron chi connectivity index (χ1n) is 5.59. The van der Waals surface area contributed by atoms with Crippen LogP contribution < -0.4 is 10.5 Å². The van der Waals surface area contributed by atoms with Crippen molar-refractivity contribution in [2.75, 3.05) is 0 Å². The van der Waals surface area contributed by atoms with Crippen molar-refractivity contribution in [2.45, 2.75) is 20.4 Å². The Hall–Kier alpha value is -1.87. The third-order valence-corrected chi connectivity index (χ3v) is 2.53. The van der Waals surface area contributed by atoms with Gasteiger partial charge in [-0.2, -0.15) is 0 Å². The van der Waals surface area contributed by atoms with E-state index in [1.807, 2.05) is 44.2 Å². The summed E-state index contributed by atoms with van der Waals surface area (Å²) in [6.45, 7) is 4.50. The number of ether oxygens (including phenoxy) is 1. The van der Waals surface area contributed by atoms with Gasteiger partial charge in [0, 0.05) is 18.3 Å². The fraction of sp³-hybridized carbons (Fsp3) is 0.214. The molecule has 0 atom stereocenters. The van der Waals surface area contributed by atoms with Gasteiger partial charge in [-0.3, -0.25) is 0 Å². The smallest absolute Gasteiger partial charge is 0.222 e. The van der Waals surface area contributed by atoms with Gasteiger partial charge in [0.05, 0.1) is 0 Å². The van der Waals surface area contributed by atoms with Crippen molar-refractivity contribution >= 4 is 0 Å². The van der Waals surface area contributed by atoms with Gasteiger partial charge in [0.2, 0.25) is 5.88 Å². The minimum Gasteiger partial charge on any atom is -0.439 e. The average molecular weight is 228 g/mol. The lowest BCUT2D eigenvalue weighted by atomic mass is 10.2. The van der Waals surface area contributed by atoms with Crippen molar-refractivity contribution in [1.29, 1.82) is 0 Å². The molecule has 1 heterocycles. The van der Waals surface area contributed by atoms with Gasteiger partial charge in [-0.25, -0.2) is 4.98 Å². The fourth-order valence-corrected chi connectivity index (χ4v) is 1.63.